The van der Waals surface area contributed by atoms with E-state index in [-0.39, 0.29) is 11.6 Å². The number of carbonyl (C=O) groups excluding carboxylic acids is 2. The Morgan fingerprint density at radius 3 is 1.52 bits per heavy atom. The Labute approximate surface area is 142 Å². The van der Waals surface area contributed by atoms with Gasteiger partial charge in [-0.05, 0) is 70.0 Å². The van der Waals surface area contributed by atoms with Crippen molar-refractivity contribution < 1.29 is 9.59 Å². The first-order valence-corrected chi connectivity index (χ1v) is 8.66. The lowest BCUT2D eigenvalue weighted by molar-refractivity contribution is 0.100. The second-order valence-corrected chi connectivity index (χ2v) is 7.66. The van der Waals surface area contributed by atoms with Gasteiger partial charge in [0.15, 0.2) is 11.6 Å². The summed E-state index contributed by atoms with van der Waals surface area (Å²) in [5.41, 5.74) is 1.32. The van der Waals surface area contributed by atoms with Gasteiger partial charge in [-0.25, -0.2) is 0 Å². The van der Waals surface area contributed by atoms with Gasteiger partial charge in [0, 0.05) is 40.2 Å². The molecule has 0 aliphatic rings. The van der Waals surface area contributed by atoms with Gasteiger partial charge in [-0.1, -0.05) is 0 Å². The predicted octanol–water partition coefficient (Wildman–Crippen LogP) is 5.98. The maximum atomic E-state index is 11.7. The second-order valence-electron chi connectivity index (χ2n) is 4.87. The average Bonchev–Trinajstić information content (AvgIpc) is 2.71. The molecule has 0 saturated heterocycles. The van der Waals surface area contributed by atoms with Crippen molar-refractivity contribution in [3.63, 3.8) is 0 Å². The number of ketones is 2. The number of hydrogen-bond acceptors (Lipinski definition) is 3. The highest BCUT2D eigenvalue weighted by Crippen LogP contribution is 2.39. The molecule has 0 amide bonds. The number of halogens is 2. The summed E-state index contributed by atoms with van der Waals surface area (Å²) in [6, 6.07) is 7.74. The molecule has 106 valence electrons. The molecule has 3 rings (SSSR count). The van der Waals surface area contributed by atoms with Crippen molar-refractivity contribution in [2.45, 2.75) is 13.8 Å². The molecule has 0 bridgehead atoms. The number of hydrogen-bond donors (Lipinski definition) is 0. The van der Waals surface area contributed by atoms with Gasteiger partial charge < -0.3 is 0 Å². The van der Waals surface area contributed by atoms with Crippen LogP contribution in [0, 0.1) is 0 Å². The summed E-state index contributed by atoms with van der Waals surface area (Å²) in [4.78, 5) is 23.4. The first kappa shape index (κ1) is 14.9. The van der Waals surface area contributed by atoms with Crippen LogP contribution in [-0.4, -0.2) is 11.6 Å². The average molecular weight is 426 g/mol. The van der Waals surface area contributed by atoms with Crippen molar-refractivity contribution in [3.05, 3.63) is 44.3 Å². The van der Waals surface area contributed by atoms with Crippen molar-refractivity contribution >= 4 is 74.9 Å². The number of fused-ring (bicyclic) bond motifs is 3. The summed E-state index contributed by atoms with van der Waals surface area (Å²) in [6.07, 6.45) is 0. The van der Waals surface area contributed by atoms with E-state index in [2.05, 4.69) is 31.9 Å². The van der Waals surface area contributed by atoms with Gasteiger partial charge in [0.1, 0.15) is 0 Å². The van der Waals surface area contributed by atoms with Crippen LogP contribution in [0.2, 0.25) is 0 Å². The minimum atomic E-state index is 0.0204. The molecule has 0 aliphatic carbocycles. The molecule has 21 heavy (non-hydrogen) atoms. The summed E-state index contributed by atoms with van der Waals surface area (Å²) in [5.74, 6) is 0.0408. The third kappa shape index (κ3) is 2.47. The summed E-state index contributed by atoms with van der Waals surface area (Å²) >= 11 is 8.55. The van der Waals surface area contributed by atoms with Crippen molar-refractivity contribution in [1.29, 1.82) is 0 Å². The number of carbonyl (C=O) groups is 2. The van der Waals surface area contributed by atoms with Gasteiger partial charge in [-0.2, -0.15) is 0 Å². The SMILES string of the molecule is CC(=O)c1cc2c(cc1Br)sc1cc(Br)c(C(C)=O)cc12. The molecular formula is C16H10Br2O2S. The van der Waals surface area contributed by atoms with Gasteiger partial charge >= 0.3 is 0 Å². The second kappa shape index (κ2) is 5.30. The zero-order valence-corrected chi connectivity index (χ0v) is 15.3. The Morgan fingerprint density at radius 1 is 0.810 bits per heavy atom. The van der Waals surface area contributed by atoms with Crippen LogP contribution in [-0.2, 0) is 0 Å². The summed E-state index contributed by atoms with van der Waals surface area (Å²) < 4.78 is 3.80. The van der Waals surface area contributed by atoms with E-state index < -0.39 is 0 Å². The smallest absolute Gasteiger partial charge is 0.160 e. The Hall–Kier alpha value is -1.04. The van der Waals surface area contributed by atoms with E-state index >= 15 is 0 Å². The first-order chi connectivity index (χ1) is 9.88. The molecule has 1 heterocycles. The molecule has 5 heteroatoms. The van der Waals surface area contributed by atoms with Crippen LogP contribution in [0.15, 0.2) is 33.2 Å². The summed E-state index contributed by atoms with van der Waals surface area (Å²) in [5, 5.41) is 2.02. The van der Waals surface area contributed by atoms with Crippen molar-refractivity contribution in [3.8, 4) is 0 Å². The standard InChI is InChI=1S/C16H10Br2O2S/c1-7(19)9-3-11-12-4-10(8(2)20)14(18)6-16(12)21-15(11)5-13(9)17/h3-6H,1-2H3. The lowest BCUT2D eigenvalue weighted by atomic mass is 10.0. The quantitative estimate of drug-likeness (QED) is 0.473. The van der Waals surface area contributed by atoms with Crippen molar-refractivity contribution in [2.24, 2.45) is 0 Å². The Kier molecular flexibility index (Phi) is 3.76. The third-order valence-electron chi connectivity index (χ3n) is 3.41. The molecule has 0 fully saturated rings. The molecule has 0 saturated carbocycles. The number of rotatable bonds is 2. The summed E-state index contributed by atoms with van der Waals surface area (Å²) in [7, 11) is 0. The largest absolute Gasteiger partial charge is 0.294 e. The van der Waals surface area contributed by atoms with E-state index in [1.165, 1.54) is 0 Å². The van der Waals surface area contributed by atoms with Gasteiger partial charge in [0.25, 0.3) is 0 Å². The highest BCUT2D eigenvalue weighted by Gasteiger charge is 2.14. The maximum Gasteiger partial charge on any atom is 0.160 e. The van der Waals surface area contributed by atoms with Crippen LogP contribution in [0.1, 0.15) is 34.6 Å². The Balaban J connectivity index is 2.44. The van der Waals surface area contributed by atoms with Gasteiger partial charge in [0.05, 0.1) is 0 Å². The Morgan fingerprint density at radius 2 is 1.19 bits per heavy atom. The minimum Gasteiger partial charge on any atom is -0.294 e. The number of benzene rings is 2. The van der Waals surface area contributed by atoms with Crippen LogP contribution in [0.3, 0.4) is 0 Å². The van der Waals surface area contributed by atoms with Gasteiger partial charge in [-0.15, -0.1) is 11.3 Å². The zero-order valence-electron chi connectivity index (χ0n) is 11.3. The minimum absolute atomic E-state index is 0.0204. The molecule has 2 aromatic carbocycles. The van der Waals surface area contributed by atoms with Gasteiger partial charge in [-0.3, -0.25) is 9.59 Å². The molecule has 2 nitrogen and oxygen atoms in total. The van der Waals surface area contributed by atoms with E-state index in [9.17, 15) is 9.59 Å². The highest BCUT2D eigenvalue weighted by molar-refractivity contribution is 9.10. The van der Waals surface area contributed by atoms with Crippen molar-refractivity contribution in [1.82, 2.24) is 0 Å². The van der Waals surface area contributed by atoms with E-state index in [1.807, 2.05) is 24.3 Å². The van der Waals surface area contributed by atoms with Crippen LogP contribution in [0.25, 0.3) is 20.2 Å². The zero-order chi connectivity index (χ0) is 15.3. The topological polar surface area (TPSA) is 34.1 Å². The van der Waals surface area contributed by atoms with Gasteiger partial charge in [0.2, 0.25) is 0 Å². The molecule has 0 spiro atoms. The fraction of sp³-hybridized carbons (Fsp3) is 0.125. The fourth-order valence-corrected chi connectivity index (χ4v) is 5.05. The molecule has 0 radical (unpaired) electrons. The van der Waals surface area contributed by atoms with E-state index in [1.54, 1.807) is 25.2 Å². The Bertz CT molecular complexity index is 851. The highest BCUT2D eigenvalue weighted by atomic mass is 79.9. The molecular weight excluding hydrogens is 416 g/mol. The molecule has 3 aromatic rings. The van der Waals surface area contributed by atoms with E-state index in [0.717, 1.165) is 29.1 Å². The maximum absolute atomic E-state index is 11.7. The monoisotopic (exact) mass is 424 g/mol. The van der Waals surface area contributed by atoms with Crippen LogP contribution in [0.4, 0.5) is 0 Å². The molecule has 0 N–H and O–H groups in total. The lowest BCUT2D eigenvalue weighted by Crippen LogP contribution is -1.94. The predicted molar refractivity (Wildman–Crippen MR) is 94.7 cm³/mol. The molecule has 1 aromatic heterocycles. The van der Waals surface area contributed by atoms with Crippen LogP contribution >= 0.6 is 43.2 Å². The fourth-order valence-electron chi connectivity index (χ4n) is 2.36. The van der Waals surface area contributed by atoms with Crippen molar-refractivity contribution in [2.75, 3.05) is 0 Å². The number of thiophene rings is 1. The normalized spacial score (nSPS) is 11.2. The molecule has 0 unspecified atom stereocenters. The lowest BCUT2D eigenvalue weighted by Gasteiger charge is -2.02. The molecule has 0 aliphatic heterocycles. The number of Topliss-reactive ketones (excluding diaryl/α,β-unsaturated/α-hetero) is 2. The van der Waals surface area contributed by atoms with Crippen LogP contribution in [0.5, 0.6) is 0 Å². The van der Waals surface area contributed by atoms with E-state index in [0.29, 0.717) is 11.1 Å². The molecule has 0 atom stereocenters. The first-order valence-electron chi connectivity index (χ1n) is 6.25. The third-order valence-corrected chi connectivity index (χ3v) is 5.83. The summed E-state index contributed by atoms with van der Waals surface area (Å²) in [6.45, 7) is 3.11. The van der Waals surface area contributed by atoms with Crippen LogP contribution < -0.4 is 0 Å². The van der Waals surface area contributed by atoms with E-state index in [4.69, 9.17) is 0 Å².